The molecule has 4 nitrogen and oxygen atoms in total. The Bertz CT molecular complexity index is 523. The Morgan fingerprint density at radius 3 is 2.52 bits per heavy atom. The maximum atomic E-state index is 13.2. The summed E-state index contributed by atoms with van der Waals surface area (Å²) in [6.45, 7) is 4.93. The second-order valence-electron chi connectivity index (χ2n) is 5.74. The van der Waals surface area contributed by atoms with E-state index < -0.39 is 5.82 Å². The average molecular weight is 292 g/mol. The molecule has 0 radical (unpaired) electrons. The number of piperidine rings is 1. The molecule has 0 bridgehead atoms. The Balaban J connectivity index is 1.92. The minimum Gasteiger partial charge on any atom is -0.354 e. The quantitative estimate of drug-likeness (QED) is 0.928. The summed E-state index contributed by atoms with van der Waals surface area (Å²) in [5, 5.41) is 2.90. The number of likely N-dealkylation sites (tertiary alicyclic amines) is 1. The highest BCUT2D eigenvalue weighted by atomic mass is 19.1. The molecule has 1 aliphatic rings. The Morgan fingerprint density at radius 2 is 1.95 bits per heavy atom. The monoisotopic (exact) mass is 292 g/mol. The fraction of sp³-hybridized carbons (Fsp3) is 0.500. The standard InChI is InChI=1S/C16H21FN2O2/c1-11(2)18-15(20)12-6-8-19(9-7-12)16(21)13-4-3-5-14(17)10-13/h3-5,10-12H,6-9H2,1-2H3,(H,18,20). The normalized spacial score (nSPS) is 16.1. The Morgan fingerprint density at radius 1 is 1.29 bits per heavy atom. The van der Waals surface area contributed by atoms with Crippen molar-refractivity contribution in [2.75, 3.05) is 13.1 Å². The number of rotatable bonds is 3. The van der Waals surface area contributed by atoms with Crippen LogP contribution in [-0.2, 0) is 4.79 Å². The molecule has 1 aromatic rings. The first-order valence-electron chi connectivity index (χ1n) is 7.32. The van der Waals surface area contributed by atoms with E-state index in [1.54, 1.807) is 11.0 Å². The number of amides is 2. The van der Waals surface area contributed by atoms with E-state index in [9.17, 15) is 14.0 Å². The summed E-state index contributed by atoms with van der Waals surface area (Å²) in [4.78, 5) is 25.9. The van der Waals surface area contributed by atoms with Gasteiger partial charge in [-0.1, -0.05) is 6.07 Å². The average Bonchev–Trinajstić information content (AvgIpc) is 2.46. The third kappa shape index (κ3) is 4.03. The van der Waals surface area contributed by atoms with Crippen LogP contribution in [0.1, 0.15) is 37.0 Å². The zero-order valence-corrected chi connectivity index (χ0v) is 12.4. The van der Waals surface area contributed by atoms with Crippen LogP contribution in [-0.4, -0.2) is 35.8 Å². The molecule has 0 aromatic heterocycles. The number of nitrogens with one attached hydrogen (secondary N) is 1. The van der Waals surface area contributed by atoms with Gasteiger partial charge in [0.25, 0.3) is 5.91 Å². The van der Waals surface area contributed by atoms with Crippen molar-refractivity contribution in [2.45, 2.75) is 32.7 Å². The minimum atomic E-state index is -0.410. The third-order valence-corrected chi connectivity index (χ3v) is 3.66. The Hall–Kier alpha value is -1.91. The van der Waals surface area contributed by atoms with E-state index in [1.807, 2.05) is 13.8 Å². The SMILES string of the molecule is CC(C)NC(=O)C1CCN(C(=O)c2cccc(F)c2)CC1. The van der Waals surface area contributed by atoms with Gasteiger partial charge in [0.1, 0.15) is 5.82 Å². The van der Waals surface area contributed by atoms with Crippen molar-refractivity contribution in [3.05, 3.63) is 35.6 Å². The van der Waals surface area contributed by atoms with Crippen molar-refractivity contribution in [3.63, 3.8) is 0 Å². The summed E-state index contributed by atoms with van der Waals surface area (Å²) in [7, 11) is 0. The van der Waals surface area contributed by atoms with Gasteiger partial charge in [-0.15, -0.1) is 0 Å². The Kier molecular flexibility index (Phi) is 4.94. The van der Waals surface area contributed by atoms with Crippen molar-refractivity contribution in [1.82, 2.24) is 10.2 Å². The lowest BCUT2D eigenvalue weighted by Crippen LogP contribution is -2.44. The smallest absolute Gasteiger partial charge is 0.253 e. The lowest BCUT2D eigenvalue weighted by atomic mass is 9.95. The highest BCUT2D eigenvalue weighted by molar-refractivity contribution is 5.94. The van der Waals surface area contributed by atoms with Gasteiger partial charge in [0.15, 0.2) is 0 Å². The van der Waals surface area contributed by atoms with Crippen LogP contribution in [0.3, 0.4) is 0 Å². The molecule has 1 aromatic carbocycles. The van der Waals surface area contributed by atoms with Gasteiger partial charge in [0.05, 0.1) is 0 Å². The predicted octanol–water partition coefficient (Wildman–Crippen LogP) is 2.20. The molecule has 0 aliphatic carbocycles. The number of carbonyl (C=O) groups is 2. The van der Waals surface area contributed by atoms with Crippen molar-refractivity contribution >= 4 is 11.8 Å². The van der Waals surface area contributed by atoms with Gasteiger partial charge < -0.3 is 10.2 Å². The van der Waals surface area contributed by atoms with Crippen LogP contribution in [0.15, 0.2) is 24.3 Å². The maximum absolute atomic E-state index is 13.2. The second kappa shape index (κ2) is 6.70. The molecule has 1 saturated heterocycles. The summed E-state index contributed by atoms with van der Waals surface area (Å²) in [6.07, 6.45) is 1.30. The number of hydrogen-bond acceptors (Lipinski definition) is 2. The molecule has 1 aliphatic heterocycles. The van der Waals surface area contributed by atoms with Gasteiger partial charge >= 0.3 is 0 Å². The Labute approximate surface area is 124 Å². The predicted molar refractivity (Wildman–Crippen MR) is 78.3 cm³/mol. The van der Waals surface area contributed by atoms with E-state index in [0.717, 1.165) is 0 Å². The summed E-state index contributed by atoms with van der Waals surface area (Å²) >= 11 is 0. The molecular weight excluding hydrogens is 271 g/mol. The van der Waals surface area contributed by atoms with Crippen LogP contribution < -0.4 is 5.32 Å². The zero-order chi connectivity index (χ0) is 15.4. The fourth-order valence-electron chi connectivity index (χ4n) is 2.55. The first-order chi connectivity index (χ1) is 9.97. The first-order valence-corrected chi connectivity index (χ1v) is 7.32. The molecule has 0 unspecified atom stereocenters. The van der Waals surface area contributed by atoms with E-state index in [-0.39, 0.29) is 23.8 Å². The molecule has 0 saturated carbocycles. The third-order valence-electron chi connectivity index (χ3n) is 3.66. The van der Waals surface area contributed by atoms with Gasteiger partial charge in [-0.3, -0.25) is 9.59 Å². The molecule has 0 spiro atoms. The minimum absolute atomic E-state index is 0.0380. The highest BCUT2D eigenvalue weighted by Gasteiger charge is 2.28. The van der Waals surface area contributed by atoms with E-state index in [1.165, 1.54) is 18.2 Å². The second-order valence-corrected chi connectivity index (χ2v) is 5.74. The van der Waals surface area contributed by atoms with E-state index in [2.05, 4.69) is 5.32 Å². The molecule has 0 atom stereocenters. The fourth-order valence-corrected chi connectivity index (χ4v) is 2.55. The summed E-state index contributed by atoms with van der Waals surface area (Å²) in [5.41, 5.74) is 0.361. The van der Waals surface area contributed by atoms with Crippen molar-refractivity contribution in [1.29, 1.82) is 0 Å². The lowest BCUT2D eigenvalue weighted by Gasteiger charge is -2.31. The van der Waals surface area contributed by atoms with Crippen LogP contribution in [0.5, 0.6) is 0 Å². The number of hydrogen-bond donors (Lipinski definition) is 1. The van der Waals surface area contributed by atoms with Gasteiger partial charge in [0.2, 0.25) is 5.91 Å². The van der Waals surface area contributed by atoms with Gasteiger partial charge in [0, 0.05) is 30.6 Å². The molecule has 2 rings (SSSR count). The van der Waals surface area contributed by atoms with Crippen LogP contribution in [0.25, 0.3) is 0 Å². The molecule has 5 heteroatoms. The zero-order valence-electron chi connectivity index (χ0n) is 12.4. The lowest BCUT2D eigenvalue weighted by molar-refractivity contribution is -0.126. The van der Waals surface area contributed by atoms with Gasteiger partial charge in [-0.05, 0) is 44.9 Å². The van der Waals surface area contributed by atoms with E-state index >= 15 is 0 Å². The summed E-state index contributed by atoms with van der Waals surface area (Å²) in [6, 6.07) is 5.84. The van der Waals surface area contributed by atoms with Crippen molar-refractivity contribution in [2.24, 2.45) is 5.92 Å². The number of nitrogens with zero attached hydrogens (tertiary/aromatic N) is 1. The number of carbonyl (C=O) groups excluding carboxylic acids is 2. The van der Waals surface area contributed by atoms with E-state index in [0.29, 0.717) is 31.5 Å². The summed E-state index contributed by atoms with van der Waals surface area (Å²) in [5.74, 6) is -0.559. The number of benzene rings is 1. The maximum Gasteiger partial charge on any atom is 0.253 e. The summed E-state index contributed by atoms with van der Waals surface area (Å²) < 4.78 is 13.2. The highest BCUT2D eigenvalue weighted by Crippen LogP contribution is 2.19. The topological polar surface area (TPSA) is 49.4 Å². The van der Waals surface area contributed by atoms with Gasteiger partial charge in [-0.2, -0.15) is 0 Å². The molecular formula is C16H21FN2O2. The number of halogens is 1. The molecule has 1 N–H and O–H groups in total. The molecule has 1 heterocycles. The van der Waals surface area contributed by atoms with Crippen molar-refractivity contribution < 1.29 is 14.0 Å². The van der Waals surface area contributed by atoms with Crippen molar-refractivity contribution in [3.8, 4) is 0 Å². The molecule has 114 valence electrons. The van der Waals surface area contributed by atoms with Crippen LogP contribution in [0.2, 0.25) is 0 Å². The molecule has 21 heavy (non-hydrogen) atoms. The van der Waals surface area contributed by atoms with Crippen LogP contribution >= 0.6 is 0 Å². The molecule has 2 amide bonds. The molecule has 1 fully saturated rings. The van der Waals surface area contributed by atoms with E-state index in [4.69, 9.17) is 0 Å². The largest absolute Gasteiger partial charge is 0.354 e. The van der Waals surface area contributed by atoms with Crippen LogP contribution in [0.4, 0.5) is 4.39 Å². The van der Waals surface area contributed by atoms with Crippen LogP contribution in [0, 0.1) is 11.7 Å². The first kappa shape index (κ1) is 15.5. The van der Waals surface area contributed by atoms with Gasteiger partial charge in [-0.25, -0.2) is 4.39 Å².